The van der Waals surface area contributed by atoms with E-state index >= 15 is 0 Å². The van der Waals surface area contributed by atoms with Crippen molar-refractivity contribution in [3.63, 3.8) is 0 Å². The summed E-state index contributed by atoms with van der Waals surface area (Å²) in [4.78, 5) is 11.5. The molecule has 2 amide bonds. The summed E-state index contributed by atoms with van der Waals surface area (Å²) in [6.07, 6.45) is 1.21. The minimum absolute atomic E-state index is 0.0193. The Morgan fingerprint density at radius 1 is 1.47 bits per heavy atom. The fourth-order valence-electron chi connectivity index (χ4n) is 1.85. The lowest BCUT2D eigenvalue weighted by atomic mass is 10.0. The van der Waals surface area contributed by atoms with Crippen LogP contribution in [0.1, 0.15) is 19.8 Å². The number of sulfone groups is 1. The van der Waals surface area contributed by atoms with Crippen LogP contribution in [0.3, 0.4) is 0 Å². The SMILES string of the molecule is COCCCNC(=O)NC1(C)CCS(=O)(=O)C1. The van der Waals surface area contributed by atoms with E-state index in [2.05, 4.69) is 10.6 Å². The summed E-state index contributed by atoms with van der Waals surface area (Å²) >= 11 is 0. The van der Waals surface area contributed by atoms with Gasteiger partial charge in [-0.15, -0.1) is 0 Å². The van der Waals surface area contributed by atoms with Gasteiger partial charge in [-0.2, -0.15) is 0 Å². The van der Waals surface area contributed by atoms with Gasteiger partial charge in [0.1, 0.15) is 0 Å². The fourth-order valence-corrected chi connectivity index (χ4v) is 3.94. The number of carbonyl (C=O) groups excluding carboxylic acids is 1. The lowest BCUT2D eigenvalue weighted by Crippen LogP contribution is -2.51. The first kappa shape index (κ1) is 14.2. The molecule has 1 aliphatic rings. The Balaban J connectivity index is 2.31. The van der Waals surface area contributed by atoms with Gasteiger partial charge in [0.2, 0.25) is 0 Å². The minimum atomic E-state index is -2.99. The standard InChI is InChI=1S/C10H20N2O4S/c1-10(4-7-17(14,15)8-10)12-9(13)11-5-3-6-16-2/h3-8H2,1-2H3,(H2,11,12,13). The van der Waals surface area contributed by atoms with Crippen molar-refractivity contribution in [3.05, 3.63) is 0 Å². The molecule has 0 aromatic rings. The number of nitrogens with one attached hydrogen (secondary N) is 2. The zero-order chi connectivity index (χ0) is 12.9. The lowest BCUT2D eigenvalue weighted by molar-refractivity contribution is 0.192. The van der Waals surface area contributed by atoms with Crippen LogP contribution in [0.2, 0.25) is 0 Å². The molecule has 0 aromatic carbocycles. The zero-order valence-electron chi connectivity index (χ0n) is 10.3. The number of hydrogen-bond donors (Lipinski definition) is 2. The van der Waals surface area contributed by atoms with Crippen LogP contribution in [-0.2, 0) is 14.6 Å². The fraction of sp³-hybridized carbons (Fsp3) is 0.900. The second kappa shape index (κ2) is 5.68. The van der Waals surface area contributed by atoms with Crippen LogP contribution in [-0.4, -0.2) is 51.8 Å². The van der Waals surface area contributed by atoms with E-state index in [4.69, 9.17) is 4.74 Å². The third-order valence-electron chi connectivity index (χ3n) is 2.73. The smallest absolute Gasteiger partial charge is 0.315 e. The molecule has 0 bridgehead atoms. The molecule has 1 atom stereocenters. The topological polar surface area (TPSA) is 84.5 Å². The first-order valence-electron chi connectivity index (χ1n) is 5.62. The lowest BCUT2D eigenvalue weighted by Gasteiger charge is -2.23. The highest BCUT2D eigenvalue weighted by atomic mass is 32.2. The molecule has 1 unspecified atom stereocenters. The van der Waals surface area contributed by atoms with Gasteiger partial charge in [0.15, 0.2) is 9.84 Å². The van der Waals surface area contributed by atoms with Gasteiger partial charge in [0.25, 0.3) is 0 Å². The second-order valence-electron chi connectivity index (χ2n) is 4.63. The molecule has 6 nitrogen and oxygen atoms in total. The summed E-state index contributed by atoms with van der Waals surface area (Å²) in [5, 5.41) is 5.39. The Hall–Kier alpha value is -0.820. The number of hydrogen-bond acceptors (Lipinski definition) is 4. The van der Waals surface area contributed by atoms with E-state index < -0.39 is 15.4 Å². The Morgan fingerprint density at radius 2 is 2.18 bits per heavy atom. The third-order valence-corrected chi connectivity index (χ3v) is 4.63. The molecule has 0 aromatic heterocycles. The molecule has 0 aliphatic carbocycles. The van der Waals surface area contributed by atoms with Gasteiger partial charge >= 0.3 is 6.03 Å². The molecule has 7 heteroatoms. The molecular weight excluding hydrogens is 244 g/mol. The van der Waals surface area contributed by atoms with E-state index in [-0.39, 0.29) is 17.5 Å². The second-order valence-corrected chi connectivity index (χ2v) is 6.81. The predicted molar refractivity (Wildman–Crippen MR) is 64.7 cm³/mol. The average Bonchev–Trinajstić information content (AvgIpc) is 2.47. The van der Waals surface area contributed by atoms with Gasteiger partial charge in [-0.1, -0.05) is 0 Å². The molecule has 0 spiro atoms. The van der Waals surface area contributed by atoms with Crippen LogP contribution in [0.5, 0.6) is 0 Å². The number of ether oxygens (including phenoxy) is 1. The summed E-state index contributed by atoms with van der Waals surface area (Å²) in [7, 11) is -1.39. The van der Waals surface area contributed by atoms with Crippen LogP contribution in [0.4, 0.5) is 4.79 Å². The van der Waals surface area contributed by atoms with Crippen molar-refractivity contribution in [2.45, 2.75) is 25.3 Å². The summed E-state index contributed by atoms with van der Waals surface area (Å²) in [6.45, 7) is 2.86. The minimum Gasteiger partial charge on any atom is -0.385 e. The van der Waals surface area contributed by atoms with Crippen LogP contribution in [0.15, 0.2) is 0 Å². The first-order valence-corrected chi connectivity index (χ1v) is 7.44. The van der Waals surface area contributed by atoms with Gasteiger partial charge in [-0.3, -0.25) is 0 Å². The molecule has 17 heavy (non-hydrogen) atoms. The first-order chi connectivity index (χ1) is 7.87. The van der Waals surface area contributed by atoms with Gasteiger partial charge in [-0.05, 0) is 19.8 Å². The van der Waals surface area contributed by atoms with Crippen LogP contribution >= 0.6 is 0 Å². The van der Waals surface area contributed by atoms with Gasteiger partial charge < -0.3 is 15.4 Å². The highest BCUT2D eigenvalue weighted by Gasteiger charge is 2.39. The number of urea groups is 1. The average molecular weight is 264 g/mol. The summed E-state index contributed by atoms with van der Waals surface area (Å²) in [5.41, 5.74) is -0.635. The number of rotatable bonds is 5. The van der Waals surface area contributed by atoms with Crippen LogP contribution in [0, 0.1) is 0 Å². The van der Waals surface area contributed by atoms with E-state index in [1.54, 1.807) is 14.0 Å². The van der Waals surface area contributed by atoms with Crippen molar-refractivity contribution in [1.82, 2.24) is 10.6 Å². The summed E-state index contributed by atoms with van der Waals surface area (Å²) < 4.78 is 27.5. The van der Waals surface area contributed by atoms with Crippen LogP contribution in [0.25, 0.3) is 0 Å². The molecule has 1 aliphatic heterocycles. The zero-order valence-corrected chi connectivity index (χ0v) is 11.1. The highest BCUT2D eigenvalue weighted by Crippen LogP contribution is 2.22. The van der Waals surface area contributed by atoms with Gasteiger partial charge in [-0.25, -0.2) is 13.2 Å². The number of amides is 2. The quantitative estimate of drug-likeness (QED) is 0.679. The molecule has 2 N–H and O–H groups in total. The molecule has 1 heterocycles. The van der Waals surface area contributed by atoms with E-state index in [0.717, 1.165) is 6.42 Å². The Kier molecular flexibility index (Phi) is 4.76. The molecule has 0 saturated carbocycles. The Morgan fingerprint density at radius 3 is 2.71 bits per heavy atom. The molecule has 1 fully saturated rings. The Bertz CT molecular complexity index is 369. The normalized spacial score (nSPS) is 26.7. The van der Waals surface area contributed by atoms with Gasteiger partial charge in [0, 0.05) is 20.3 Å². The van der Waals surface area contributed by atoms with Crippen molar-refractivity contribution < 1.29 is 17.9 Å². The van der Waals surface area contributed by atoms with Crippen molar-refractivity contribution in [3.8, 4) is 0 Å². The number of methoxy groups -OCH3 is 1. The predicted octanol–water partition coefficient (Wildman–Crippen LogP) is -0.101. The largest absolute Gasteiger partial charge is 0.385 e. The van der Waals surface area contributed by atoms with Crippen molar-refractivity contribution in [2.24, 2.45) is 0 Å². The maximum Gasteiger partial charge on any atom is 0.315 e. The molecular formula is C10H20N2O4S. The highest BCUT2D eigenvalue weighted by molar-refractivity contribution is 7.91. The third kappa shape index (κ3) is 4.91. The van der Waals surface area contributed by atoms with Crippen molar-refractivity contribution in [1.29, 1.82) is 0 Å². The maximum absolute atomic E-state index is 11.5. The summed E-state index contributed by atoms with van der Waals surface area (Å²) in [5.74, 6) is 0.166. The number of carbonyl (C=O) groups is 1. The van der Waals surface area contributed by atoms with Crippen LogP contribution < -0.4 is 10.6 Å². The summed E-state index contributed by atoms with van der Waals surface area (Å²) in [6, 6.07) is -0.319. The molecule has 1 saturated heterocycles. The Labute approximate surface area is 102 Å². The monoisotopic (exact) mass is 264 g/mol. The molecule has 0 radical (unpaired) electrons. The van der Waals surface area contributed by atoms with E-state index in [1.807, 2.05) is 0 Å². The maximum atomic E-state index is 11.5. The van der Waals surface area contributed by atoms with Gasteiger partial charge in [0.05, 0.1) is 17.0 Å². The van der Waals surface area contributed by atoms with E-state index in [9.17, 15) is 13.2 Å². The van der Waals surface area contributed by atoms with E-state index in [0.29, 0.717) is 19.6 Å². The molecule has 100 valence electrons. The van der Waals surface area contributed by atoms with Crippen molar-refractivity contribution >= 4 is 15.9 Å². The van der Waals surface area contributed by atoms with E-state index in [1.165, 1.54) is 0 Å². The van der Waals surface area contributed by atoms with Crippen molar-refractivity contribution in [2.75, 3.05) is 31.8 Å². The molecule has 1 rings (SSSR count).